The number of nitrogens with two attached hydrogens (primary N) is 1. The Bertz CT molecular complexity index is 372. The SMILES string of the molecule is CC(C)(C)Cc1noc(C(C)(N)C2CC2)n1. The van der Waals surface area contributed by atoms with Gasteiger partial charge in [0.25, 0.3) is 0 Å². The van der Waals surface area contributed by atoms with Crippen molar-refractivity contribution >= 4 is 0 Å². The molecular formula is C12H21N3O. The molecule has 0 aromatic carbocycles. The van der Waals surface area contributed by atoms with Gasteiger partial charge in [0.1, 0.15) is 0 Å². The third-order valence-corrected chi connectivity index (χ3v) is 3.04. The Morgan fingerprint density at radius 2 is 1.94 bits per heavy atom. The summed E-state index contributed by atoms with van der Waals surface area (Å²) in [6, 6.07) is 0. The van der Waals surface area contributed by atoms with Gasteiger partial charge in [-0.3, -0.25) is 0 Å². The van der Waals surface area contributed by atoms with Crippen molar-refractivity contribution in [3.05, 3.63) is 11.7 Å². The molecule has 0 saturated heterocycles. The minimum atomic E-state index is -0.441. The van der Waals surface area contributed by atoms with Crippen LogP contribution in [-0.2, 0) is 12.0 Å². The summed E-state index contributed by atoms with van der Waals surface area (Å²) in [7, 11) is 0. The van der Waals surface area contributed by atoms with E-state index in [1.165, 1.54) is 12.8 Å². The first-order valence-electron chi connectivity index (χ1n) is 5.91. The maximum Gasteiger partial charge on any atom is 0.246 e. The van der Waals surface area contributed by atoms with Crippen molar-refractivity contribution in [2.24, 2.45) is 17.1 Å². The summed E-state index contributed by atoms with van der Waals surface area (Å²) in [5.74, 6) is 1.87. The number of nitrogens with zero attached hydrogens (tertiary/aromatic N) is 2. The van der Waals surface area contributed by atoms with E-state index in [1.54, 1.807) is 0 Å². The summed E-state index contributed by atoms with van der Waals surface area (Å²) >= 11 is 0. The van der Waals surface area contributed by atoms with Crippen LogP contribution in [0.3, 0.4) is 0 Å². The van der Waals surface area contributed by atoms with Gasteiger partial charge in [-0.2, -0.15) is 4.98 Å². The fourth-order valence-corrected chi connectivity index (χ4v) is 1.88. The summed E-state index contributed by atoms with van der Waals surface area (Å²) in [5.41, 5.74) is 5.96. The van der Waals surface area contributed by atoms with Crippen LogP contribution < -0.4 is 5.73 Å². The second-order valence-corrected chi connectivity index (χ2v) is 6.31. The molecular weight excluding hydrogens is 202 g/mol. The largest absolute Gasteiger partial charge is 0.337 e. The van der Waals surface area contributed by atoms with E-state index in [4.69, 9.17) is 10.3 Å². The Kier molecular flexibility index (Phi) is 2.57. The Balaban J connectivity index is 2.13. The van der Waals surface area contributed by atoms with Crippen molar-refractivity contribution in [1.82, 2.24) is 10.1 Å². The maximum absolute atomic E-state index is 6.22. The molecule has 0 spiro atoms. The maximum atomic E-state index is 6.22. The molecule has 1 heterocycles. The highest BCUT2D eigenvalue weighted by Gasteiger charge is 2.43. The smallest absolute Gasteiger partial charge is 0.246 e. The van der Waals surface area contributed by atoms with Gasteiger partial charge < -0.3 is 10.3 Å². The molecule has 0 aliphatic heterocycles. The van der Waals surface area contributed by atoms with Crippen molar-refractivity contribution in [3.63, 3.8) is 0 Å². The highest BCUT2D eigenvalue weighted by atomic mass is 16.5. The first kappa shape index (κ1) is 11.6. The third-order valence-electron chi connectivity index (χ3n) is 3.04. The van der Waals surface area contributed by atoms with Gasteiger partial charge >= 0.3 is 0 Å². The molecule has 0 radical (unpaired) electrons. The number of hydrogen-bond donors (Lipinski definition) is 1. The normalized spacial score (nSPS) is 20.8. The monoisotopic (exact) mass is 223 g/mol. The zero-order valence-corrected chi connectivity index (χ0v) is 10.6. The highest BCUT2D eigenvalue weighted by molar-refractivity contribution is 5.07. The Labute approximate surface area is 96.6 Å². The van der Waals surface area contributed by atoms with Crippen molar-refractivity contribution in [2.75, 3.05) is 0 Å². The van der Waals surface area contributed by atoms with Crippen LogP contribution in [0.15, 0.2) is 4.52 Å². The van der Waals surface area contributed by atoms with Gasteiger partial charge in [-0.25, -0.2) is 0 Å². The van der Waals surface area contributed by atoms with Crippen LogP contribution in [-0.4, -0.2) is 10.1 Å². The van der Waals surface area contributed by atoms with Gasteiger partial charge in [0.15, 0.2) is 5.82 Å². The first-order valence-corrected chi connectivity index (χ1v) is 5.91. The Morgan fingerprint density at radius 3 is 2.44 bits per heavy atom. The molecule has 1 aliphatic rings. The van der Waals surface area contributed by atoms with Crippen molar-refractivity contribution in [1.29, 1.82) is 0 Å². The minimum absolute atomic E-state index is 0.172. The van der Waals surface area contributed by atoms with E-state index >= 15 is 0 Å². The van der Waals surface area contributed by atoms with E-state index in [1.807, 2.05) is 6.92 Å². The van der Waals surface area contributed by atoms with Crippen LogP contribution >= 0.6 is 0 Å². The van der Waals surface area contributed by atoms with Gasteiger partial charge in [0.2, 0.25) is 5.89 Å². The van der Waals surface area contributed by atoms with E-state index in [-0.39, 0.29) is 5.41 Å². The summed E-state index contributed by atoms with van der Waals surface area (Å²) in [5, 5.41) is 4.01. The van der Waals surface area contributed by atoms with E-state index in [9.17, 15) is 0 Å². The van der Waals surface area contributed by atoms with Crippen LogP contribution in [0.4, 0.5) is 0 Å². The van der Waals surface area contributed by atoms with E-state index in [2.05, 4.69) is 30.9 Å². The molecule has 1 unspecified atom stereocenters. The van der Waals surface area contributed by atoms with Gasteiger partial charge in [-0.05, 0) is 31.1 Å². The lowest BCUT2D eigenvalue weighted by Crippen LogP contribution is -2.35. The van der Waals surface area contributed by atoms with Crippen LogP contribution in [0.25, 0.3) is 0 Å². The molecule has 2 rings (SSSR count). The zero-order chi connectivity index (χ0) is 12.0. The molecule has 1 saturated carbocycles. The van der Waals surface area contributed by atoms with Crippen LogP contribution in [0.1, 0.15) is 52.3 Å². The quantitative estimate of drug-likeness (QED) is 0.853. The Hall–Kier alpha value is -0.900. The summed E-state index contributed by atoms with van der Waals surface area (Å²) in [6.07, 6.45) is 3.16. The highest BCUT2D eigenvalue weighted by Crippen LogP contribution is 2.43. The zero-order valence-electron chi connectivity index (χ0n) is 10.6. The van der Waals surface area contributed by atoms with E-state index < -0.39 is 5.54 Å². The molecule has 0 bridgehead atoms. The lowest BCUT2D eigenvalue weighted by Gasteiger charge is -2.18. The molecule has 4 nitrogen and oxygen atoms in total. The van der Waals surface area contributed by atoms with Crippen molar-refractivity contribution < 1.29 is 4.52 Å². The van der Waals surface area contributed by atoms with Gasteiger partial charge in [0, 0.05) is 6.42 Å². The number of aromatic nitrogens is 2. The molecule has 0 amide bonds. The molecule has 1 aromatic heterocycles. The minimum Gasteiger partial charge on any atom is -0.337 e. The summed E-state index contributed by atoms with van der Waals surface area (Å²) < 4.78 is 5.29. The topological polar surface area (TPSA) is 64.9 Å². The standard InChI is InChI=1S/C12H21N3O/c1-11(2,3)7-9-14-10(16-15-9)12(4,13)8-5-6-8/h8H,5-7,13H2,1-4H3. The average molecular weight is 223 g/mol. The predicted octanol–water partition coefficient (Wildman–Crippen LogP) is 2.24. The second kappa shape index (κ2) is 3.55. The summed E-state index contributed by atoms with van der Waals surface area (Å²) in [6.45, 7) is 8.46. The molecule has 1 fully saturated rings. The molecule has 1 aliphatic carbocycles. The van der Waals surface area contributed by atoms with Gasteiger partial charge in [-0.15, -0.1) is 0 Å². The molecule has 2 N–H and O–H groups in total. The van der Waals surface area contributed by atoms with Crippen molar-refractivity contribution in [3.8, 4) is 0 Å². The number of hydrogen-bond acceptors (Lipinski definition) is 4. The molecule has 4 heteroatoms. The van der Waals surface area contributed by atoms with Crippen LogP contribution in [0.2, 0.25) is 0 Å². The molecule has 16 heavy (non-hydrogen) atoms. The Morgan fingerprint density at radius 1 is 1.31 bits per heavy atom. The molecule has 1 aromatic rings. The van der Waals surface area contributed by atoms with Crippen LogP contribution in [0, 0.1) is 11.3 Å². The van der Waals surface area contributed by atoms with Crippen LogP contribution in [0.5, 0.6) is 0 Å². The van der Waals surface area contributed by atoms with E-state index in [0.717, 1.165) is 12.2 Å². The second-order valence-electron chi connectivity index (χ2n) is 6.31. The first-order chi connectivity index (χ1) is 7.29. The summed E-state index contributed by atoms with van der Waals surface area (Å²) in [4.78, 5) is 4.43. The molecule has 90 valence electrons. The van der Waals surface area contributed by atoms with E-state index in [0.29, 0.717) is 11.8 Å². The fraction of sp³-hybridized carbons (Fsp3) is 0.833. The average Bonchev–Trinajstić information content (AvgIpc) is 2.86. The predicted molar refractivity (Wildman–Crippen MR) is 61.7 cm³/mol. The van der Waals surface area contributed by atoms with Gasteiger partial charge in [0.05, 0.1) is 5.54 Å². The lowest BCUT2D eigenvalue weighted by molar-refractivity contribution is 0.271. The third kappa shape index (κ3) is 2.43. The van der Waals surface area contributed by atoms with Crippen molar-refractivity contribution in [2.45, 2.75) is 52.5 Å². The lowest BCUT2D eigenvalue weighted by atomic mass is 9.92. The fourth-order valence-electron chi connectivity index (χ4n) is 1.88. The molecule has 1 atom stereocenters. The van der Waals surface area contributed by atoms with Gasteiger partial charge in [-0.1, -0.05) is 25.9 Å². The number of rotatable bonds is 3.